The molecule has 2 rings (SSSR count). The van der Waals surface area contributed by atoms with Gasteiger partial charge in [0.1, 0.15) is 6.10 Å². The fourth-order valence-electron chi connectivity index (χ4n) is 2.76. The van der Waals surface area contributed by atoms with Gasteiger partial charge in [0, 0.05) is 25.9 Å². The smallest absolute Gasteiger partial charge is 0.191 e. The van der Waals surface area contributed by atoms with E-state index in [1.54, 1.807) is 0 Å². The first kappa shape index (κ1) is 14.6. The van der Waals surface area contributed by atoms with E-state index < -0.39 is 0 Å². The Balaban J connectivity index is 1.81. The van der Waals surface area contributed by atoms with Crippen molar-refractivity contribution in [2.75, 3.05) is 26.2 Å². The Morgan fingerprint density at radius 1 is 1.16 bits per heavy atom. The minimum atomic E-state index is -0.283. The van der Waals surface area contributed by atoms with Crippen LogP contribution >= 0.6 is 0 Å². The topological polar surface area (TPSA) is 54.9 Å². The van der Waals surface area contributed by atoms with E-state index in [1.165, 1.54) is 19.3 Å². The van der Waals surface area contributed by atoms with Gasteiger partial charge in [0.25, 0.3) is 0 Å². The van der Waals surface area contributed by atoms with Crippen molar-refractivity contribution < 1.29 is 9.47 Å². The molecule has 0 aromatic carbocycles. The highest BCUT2D eigenvalue weighted by atomic mass is 16.7. The van der Waals surface area contributed by atoms with E-state index in [4.69, 9.17) is 9.47 Å². The molecule has 0 radical (unpaired) electrons. The second-order valence-corrected chi connectivity index (χ2v) is 5.27. The summed E-state index contributed by atoms with van der Waals surface area (Å²) in [4.78, 5) is 4.55. The van der Waals surface area contributed by atoms with Crippen LogP contribution in [-0.2, 0) is 9.47 Å². The zero-order valence-corrected chi connectivity index (χ0v) is 12.2. The van der Waals surface area contributed by atoms with Gasteiger partial charge in [-0.05, 0) is 26.7 Å². The number of guanidine groups is 1. The Kier molecular flexibility index (Phi) is 5.45. The molecule has 110 valence electrons. The fraction of sp³-hybridized carbons (Fsp3) is 0.929. The van der Waals surface area contributed by atoms with Crippen LogP contribution in [-0.4, -0.2) is 44.1 Å². The Bertz CT molecular complexity index is 293. The van der Waals surface area contributed by atoms with Gasteiger partial charge in [0.2, 0.25) is 0 Å². The Morgan fingerprint density at radius 3 is 2.47 bits per heavy atom. The van der Waals surface area contributed by atoms with Gasteiger partial charge in [-0.2, -0.15) is 0 Å². The van der Waals surface area contributed by atoms with Gasteiger partial charge in [-0.1, -0.05) is 6.42 Å². The SMILES string of the molecule is CCNC(=NC[C@H]1COC2(CCCCC2)O1)NCC. The number of hydrogen-bond acceptors (Lipinski definition) is 3. The van der Waals surface area contributed by atoms with Crippen LogP contribution in [0, 0.1) is 0 Å². The molecule has 1 heterocycles. The molecule has 19 heavy (non-hydrogen) atoms. The number of ether oxygens (including phenoxy) is 2. The van der Waals surface area contributed by atoms with E-state index in [2.05, 4.69) is 29.5 Å². The van der Waals surface area contributed by atoms with E-state index in [-0.39, 0.29) is 11.9 Å². The maximum absolute atomic E-state index is 6.11. The first-order valence-electron chi connectivity index (χ1n) is 7.62. The van der Waals surface area contributed by atoms with E-state index >= 15 is 0 Å². The molecule has 0 aromatic rings. The largest absolute Gasteiger partial charge is 0.357 e. The molecular weight excluding hydrogens is 242 g/mol. The van der Waals surface area contributed by atoms with Crippen molar-refractivity contribution in [3.05, 3.63) is 0 Å². The van der Waals surface area contributed by atoms with Gasteiger partial charge in [0.15, 0.2) is 11.7 Å². The molecule has 1 atom stereocenters. The Labute approximate surface area is 116 Å². The number of aliphatic imine (C=N–C) groups is 1. The molecule has 0 aromatic heterocycles. The third-order valence-corrected chi connectivity index (χ3v) is 3.67. The first-order chi connectivity index (χ1) is 9.28. The van der Waals surface area contributed by atoms with Gasteiger partial charge in [-0.15, -0.1) is 0 Å². The Morgan fingerprint density at radius 2 is 1.84 bits per heavy atom. The maximum atomic E-state index is 6.11. The van der Waals surface area contributed by atoms with Crippen molar-refractivity contribution in [2.24, 2.45) is 4.99 Å². The van der Waals surface area contributed by atoms with Gasteiger partial charge < -0.3 is 20.1 Å². The molecule has 2 aliphatic rings. The molecule has 1 aliphatic carbocycles. The zero-order valence-electron chi connectivity index (χ0n) is 12.2. The number of hydrogen-bond donors (Lipinski definition) is 2. The lowest BCUT2D eigenvalue weighted by Gasteiger charge is -2.31. The van der Waals surface area contributed by atoms with E-state index in [0.717, 1.165) is 31.9 Å². The highest BCUT2D eigenvalue weighted by Crippen LogP contribution is 2.37. The lowest BCUT2D eigenvalue weighted by molar-refractivity contribution is -0.186. The summed E-state index contributed by atoms with van der Waals surface area (Å²) in [6, 6.07) is 0. The van der Waals surface area contributed by atoms with Crippen LogP contribution in [0.5, 0.6) is 0 Å². The van der Waals surface area contributed by atoms with Crippen LogP contribution in [0.15, 0.2) is 4.99 Å². The third kappa shape index (κ3) is 4.08. The fourth-order valence-corrected chi connectivity index (χ4v) is 2.76. The van der Waals surface area contributed by atoms with Crippen LogP contribution in [0.4, 0.5) is 0 Å². The molecule has 0 amide bonds. The highest BCUT2D eigenvalue weighted by molar-refractivity contribution is 5.79. The zero-order chi connectivity index (χ0) is 13.6. The lowest BCUT2D eigenvalue weighted by atomic mass is 9.94. The average molecular weight is 269 g/mol. The minimum Gasteiger partial charge on any atom is -0.357 e. The standard InChI is InChI=1S/C14H27N3O2/c1-3-15-13(16-4-2)17-10-12-11-18-14(19-12)8-6-5-7-9-14/h12H,3-11H2,1-2H3,(H2,15,16,17)/t12-/m0/s1. The molecule has 1 saturated heterocycles. The summed E-state index contributed by atoms with van der Waals surface area (Å²) in [5.41, 5.74) is 0. The van der Waals surface area contributed by atoms with Gasteiger partial charge >= 0.3 is 0 Å². The van der Waals surface area contributed by atoms with Gasteiger partial charge in [-0.3, -0.25) is 4.99 Å². The predicted molar refractivity (Wildman–Crippen MR) is 76.3 cm³/mol. The van der Waals surface area contributed by atoms with E-state index in [9.17, 15) is 0 Å². The van der Waals surface area contributed by atoms with Crippen LogP contribution in [0.1, 0.15) is 46.0 Å². The summed E-state index contributed by atoms with van der Waals surface area (Å²) < 4.78 is 12.0. The molecule has 5 nitrogen and oxygen atoms in total. The van der Waals surface area contributed by atoms with Crippen molar-refractivity contribution in [2.45, 2.75) is 57.8 Å². The summed E-state index contributed by atoms with van der Waals surface area (Å²) in [6.45, 7) is 7.22. The summed E-state index contributed by atoms with van der Waals surface area (Å²) in [5, 5.41) is 6.44. The molecule has 2 fully saturated rings. The van der Waals surface area contributed by atoms with Crippen molar-refractivity contribution in [1.82, 2.24) is 10.6 Å². The summed E-state index contributed by atoms with van der Waals surface area (Å²) in [5.74, 6) is 0.577. The second-order valence-electron chi connectivity index (χ2n) is 5.27. The highest BCUT2D eigenvalue weighted by Gasteiger charge is 2.41. The Hall–Kier alpha value is -0.810. The van der Waals surface area contributed by atoms with Crippen molar-refractivity contribution in [3.8, 4) is 0 Å². The molecule has 2 N–H and O–H groups in total. The molecule has 1 spiro atoms. The normalized spacial score (nSPS) is 25.3. The van der Waals surface area contributed by atoms with Gasteiger partial charge in [0.05, 0.1) is 13.2 Å². The molecule has 1 saturated carbocycles. The summed E-state index contributed by atoms with van der Waals surface area (Å²) >= 11 is 0. The molecule has 0 unspecified atom stereocenters. The van der Waals surface area contributed by atoms with Crippen LogP contribution in [0.3, 0.4) is 0 Å². The molecule has 5 heteroatoms. The van der Waals surface area contributed by atoms with Crippen molar-refractivity contribution in [3.63, 3.8) is 0 Å². The molecular formula is C14H27N3O2. The van der Waals surface area contributed by atoms with Crippen LogP contribution in [0.2, 0.25) is 0 Å². The van der Waals surface area contributed by atoms with Crippen LogP contribution in [0.25, 0.3) is 0 Å². The van der Waals surface area contributed by atoms with Gasteiger partial charge in [-0.25, -0.2) is 0 Å². The summed E-state index contributed by atoms with van der Waals surface area (Å²) in [7, 11) is 0. The monoisotopic (exact) mass is 269 g/mol. The molecule has 1 aliphatic heterocycles. The second kappa shape index (κ2) is 7.10. The lowest BCUT2D eigenvalue weighted by Crippen LogP contribution is -2.38. The first-order valence-corrected chi connectivity index (χ1v) is 7.62. The van der Waals surface area contributed by atoms with Crippen molar-refractivity contribution >= 4 is 5.96 Å². The third-order valence-electron chi connectivity index (χ3n) is 3.67. The number of rotatable bonds is 4. The van der Waals surface area contributed by atoms with Crippen molar-refractivity contribution in [1.29, 1.82) is 0 Å². The molecule has 0 bridgehead atoms. The van der Waals surface area contributed by atoms with E-state index in [0.29, 0.717) is 13.2 Å². The summed E-state index contributed by atoms with van der Waals surface area (Å²) in [6.07, 6.45) is 5.93. The average Bonchev–Trinajstić information content (AvgIpc) is 2.80. The quantitative estimate of drug-likeness (QED) is 0.602. The van der Waals surface area contributed by atoms with E-state index in [1.807, 2.05) is 0 Å². The predicted octanol–water partition coefficient (Wildman–Crippen LogP) is 1.64. The van der Waals surface area contributed by atoms with Crippen LogP contribution < -0.4 is 10.6 Å². The maximum Gasteiger partial charge on any atom is 0.191 e. The number of nitrogens with zero attached hydrogens (tertiary/aromatic N) is 1. The number of nitrogens with one attached hydrogen (secondary N) is 2. The minimum absolute atomic E-state index is 0.102.